The summed E-state index contributed by atoms with van der Waals surface area (Å²) in [6, 6.07) is 16.8. The molecule has 37 heavy (non-hydrogen) atoms. The number of aromatic nitrogens is 1. The Morgan fingerprint density at radius 1 is 1.14 bits per heavy atom. The fraction of sp³-hybridized carbons (Fsp3) is 0.357. The second-order valence-corrected chi connectivity index (χ2v) is 10.4. The Morgan fingerprint density at radius 2 is 1.84 bits per heavy atom. The number of aliphatic hydroxyl groups is 2. The van der Waals surface area contributed by atoms with E-state index in [1.165, 1.54) is 24.4 Å². The van der Waals surface area contributed by atoms with E-state index in [0.29, 0.717) is 24.5 Å². The molecule has 194 valence electrons. The number of aliphatic hydroxyl groups excluding tert-OH is 1. The van der Waals surface area contributed by atoms with Gasteiger partial charge in [0.1, 0.15) is 17.6 Å². The van der Waals surface area contributed by atoms with Crippen LogP contribution < -0.4 is 9.47 Å². The Hall–Kier alpha value is -2.98. The minimum absolute atomic E-state index is 0.269. The largest absolute Gasteiger partial charge is 0.495 e. The molecule has 2 N–H and O–H groups in total. The molecule has 5 rings (SSSR count). The minimum Gasteiger partial charge on any atom is -0.495 e. The van der Waals surface area contributed by atoms with Gasteiger partial charge in [0.15, 0.2) is 11.2 Å². The maximum Gasteiger partial charge on any atom is 0.229 e. The third-order valence-corrected chi connectivity index (χ3v) is 8.13. The van der Waals surface area contributed by atoms with E-state index in [1.54, 1.807) is 14.2 Å². The van der Waals surface area contributed by atoms with E-state index in [9.17, 15) is 15.0 Å². The van der Waals surface area contributed by atoms with Crippen LogP contribution in [0.1, 0.15) is 22.6 Å². The number of hydrogen-bond donors (Lipinski definition) is 2. The molecule has 5 unspecified atom stereocenters. The SMILES string of the molecule is COCCN(C)C(=O)C1C(O)C2(O)c3c(OC)cncc3OC2(c2ccc(Br)cc2)C1c1ccccc1. The molecule has 1 aliphatic heterocycles. The number of likely N-dealkylation sites (N-methyl/N-ethyl adjacent to an activating group) is 1. The van der Waals surface area contributed by atoms with Gasteiger partial charge in [0.25, 0.3) is 0 Å². The van der Waals surface area contributed by atoms with E-state index < -0.39 is 29.1 Å². The van der Waals surface area contributed by atoms with Crippen LogP contribution in [-0.2, 0) is 20.7 Å². The number of carbonyl (C=O) groups is 1. The van der Waals surface area contributed by atoms with Crippen molar-refractivity contribution in [1.29, 1.82) is 0 Å². The van der Waals surface area contributed by atoms with Gasteiger partial charge in [-0.3, -0.25) is 9.78 Å². The van der Waals surface area contributed by atoms with Crippen molar-refractivity contribution >= 4 is 21.8 Å². The molecule has 2 heterocycles. The third-order valence-electron chi connectivity index (χ3n) is 7.60. The summed E-state index contributed by atoms with van der Waals surface area (Å²) in [5, 5.41) is 24.8. The lowest BCUT2D eigenvalue weighted by Crippen LogP contribution is -2.52. The van der Waals surface area contributed by atoms with Crippen LogP contribution >= 0.6 is 15.9 Å². The molecule has 5 atom stereocenters. The van der Waals surface area contributed by atoms with Gasteiger partial charge in [0, 0.05) is 31.1 Å². The summed E-state index contributed by atoms with van der Waals surface area (Å²) in [5.41, 5.74) is -1.96. The molecule has 2 aromatic carbocycles. The number of carbonyl (C=O) groups excluding carboxylic acids is 1. The fourth-order valence-electron chi connectivity index (χ4n) is 5.96. The van der Waals surface area contributed by atoms with Crippen molar-refractivity contribution in [3.05, 3.63) is 88.2 Å². The van der Waals surface area contributed by atoms with Crippen molar-refractivity contribution in [1.82, 2.24) is 9.88 Å². The normalized spacial score (nSPS) is 27.8. The standard InChI is InChI=1S/C28H29BrN2O6/c1-31(13-14-35-2)26(33)22-23(17-7-5-4-6-8-17)28(18-9-11-19(29)12-10-18)27(34,25(22)32)24-20(36-3)15-30-16-21(24)37-28/h4-12,15-16,22-23,25,32,34H,13-14H2,1-3H3. The Balaban J connectivity index is 1.81. The summed E-state index contributed by atoms with van der Waals surface area (Å²) in [6.07, 6.45) is 1.45. The van der Waals surface area contributed by atoms with Crippen LogP contribution in [0.2, 0.25) is 0 Å². The monoisotopic (exact) mass is 568 g/mol. The van der Waals surface area contributed by atoms with Crippen molar-refractivity contribution in [3.8, 4) is 11.5 Å². The molecule has 1 aromatic heterocycles. The van der Waals surface area contributed by atoms with Gasteiger partial charge in [-0.25, -0.2) is 0 Å². The molecule has 0 bridgehead atoms. The highest BCUT2D eigenvalue weighted by Gasteiger charge is 2.78. The van der Waals surface area contributed by atoms with Crippen molar-refractivity contribution in [3.63, 3.8) is 0 Å². The highest BCUT2D eigenvalue weighted by atomic mass is 79.9. The molecule has 9 heteroatoms. The molecule has 1 fully saturated rings. The molecule has 0 saturated heterocycles. The van der Waals surface area contributed by atoms with E-state index in [-0.39, 0.29) is 17.2 Å². The maximum atomic E-state index is 14.0. The zero-order valence-corrected chi connectivity index (χ0v) is 22.4. The summed E-state index contributed by atoms with van der Waals surface area (Å²) in [4.78, 5) is 19.8. The average Bonchev–Trinajstić information content (AvgIpc) is 3.30. The Morgan fingerprint density at radius 3 is 2.49 bits per heavy atom. The van der Waals surface area contributed by atoms with Crippen LogP contribution in [0, 0.1) is 5.92 Å². The Bertz CT molecular complexity index is 1290. The number of rotatable bonds is 7. The first-order valence-electron chi connectivity index (χ1n) is 12.0. The topological polar surface area (TPSA) is 101 Å². The van der Waals surface area contributed by atoms with Crippen LogP contribution in [0.3, 0.4) is 0 Å². The highest BCUT2D eigenvalue weighted by Crippen LogP contribution is 2.69. The van der Waals surface area contributed by atoms with Gasteiger partial charge in [0.05, 0.1) is 37.6 Å². The predicted molar refractivity (Wildman–Crippen MR) is 139 cm³/mol. The van der Waals surface area contributed by atoms with Crippen molar-refractivity contribution in [2.45, 2.75) is 23.2 Å². The van der Waals surface area contributed by atoms with Crippen molar-refractivity contribution < 1.29 is 29.2 Å². The third kappa shape index (κ3) is 3.67. The first-order chi connectivity index (χ1) is 17.8. The van der Waals surface area contributed by atoms with Gasteiger partial charge in [-0.2, -0.15) is 0 Å². The van der Waals surface area contributed by atoms with Crippen LogP contribution in [0.25, 0.3) is 0 Å². The smallest absolute Gasteiger partial charge is 0.229 e. The molecule has 8 nitrogen and oxygen atoms in total. The number of pyridine rings is 1. The van der Waals surface area contributed by atoms with E-state index in [1.807, 2.05) is 54.6 Å². The maximum absolute atomic E-state index is 14.0. The number of fused-ring (bicyclic) bond motifs is 3. The van der Waals surface area contributed by atoms with Gasteiger partial charge in [0.2, 0.25) is 5.91 Å². The second-order valence-electron chi connectivity index (χ2n) is 9.44. The zero-order chi connectivity index (χ0) is 26.4. The first kappa shape index (κ1) is 25.7. The summed E-state index contributed by atoms with van der Waals surface area (Å²) >= 11 is 3.48. The molecule has 1 amide bonds. The average molecular weight is 569 g/mol. The quantitative estimate of drug-likeness (QED) is 0.451. The second kappa shape index (κ2) is 9.72. The van der Waals surface area contributed by atoms with E-state index in [2.05, 4.69) is 20.9 Å². The van der Waals surface area contributed by atoms with Gasteiger partial charge in [-0.1, -0.05) is 58.4 Å². The molecule has 1 saturated carbocycles. The molecule has 0 radical (unpaired) electrons. The summed E-state index contributed by atoms with van der Waals surface area (Å²) in [7, 11) is 4.70. The van der Waals surface area contributed by atoms with Gasteiger partial charge >= 0.3 is 0 Å². The van der Waals surface area contributed by atoms with Gasteiger partial charge in [-0.05, 0) is 23.3 Å². The summed E-state index contributed by atoms with van der Waals surface area (Å²) in [6.45, 7) is 0.663. The van der Waals surface area contributed by atoms with Crippen LogP contribution in [0.15, 0.2) is 71.5 Å². The lowest BCUT2D eigenvalue weighted by Gasteiger charge is -2.41. The number of methoxy groups -OCH3 is 2. The number of halogens is 1. The van der Waals surface area contributed by atoms with E-state index >= 15 is 0 Å². The Kier molecular flexibility index (Phi) is 6.74. The molecular weight excluding hydrogens is 540 g/mol. The highest BCUT2D eigenvalue weighted by molar-refractivity contribution is 9.10. The van der Waals surface area contributed by atoms with Gasteiger partial charge in [-0.15, -0.1) is 0 Å². The summed E-state index contributed by atoms with van der Waals surface area (Å²) < 4.78 is 18.3. The van der Waals surface area contributed by atoms with Crippen LogP contribution in [0.4, 0.5) is 0 Å². The minimum atomic E-state index is -2.03. The predicted octanol–water partition coefficient (Wildman–Crippen LogP) is 3.21. The molecule has 3 aromatic rings. The van der Waals surface area contributed by atoms with Crippen molar-refractivity contribution in [2.24, 2.45) is 5.92 Å². The molecule has 1 aliphatic carbocycles. The van der Waals surface area contributed by atoms with E-state index in [0.717, 1.165) is 10.0 Å². The Labute approximate surface area is 223 Å². The van der Waals surface area contributed by atoms with E-state index in [4.69, 9.17) is 14.2 Å². The number of nitrogens with zero attached hydrogens (tertiary/aromatic N) is 2. The summed E-state index contributed by atoms with van der Waals surface area (Å²) in [5.74, 6) is -1.56. The molecular formula is C28H29BrN2O6. The van der Waals surface area contributed by atoms with Crippen molar-refractivity contribution in [2.75, 3.05) is 34.4 Å². The van der Waals surface area contributed by atoms with Crippen LogP contribution in [0.5, 0.6) is 11.5 Å². The lowest BCUT2D eigenvalue weighted by molar-refractivity contribution is -0.156. The zero-order valence-electron chi connectivity index (χ0n) is 20.8. The number of hydrogen-bond acceptors (Lipinski definition) is 7. The number of amides is 1. The first-order valence-corrected chi connectivity index (χ1v) is 12.8. The molecule has 2 aliphatic rings. The number of benzene rings is 2. The number of ether oxygens (including phenoxy) is 3. The van der Waals surface area contributed by atoms with Crippen LogP contribution in [-0.4, -0.2) is 66.5 Å². The van der Waals surface area contributed by atoms with Gasteiger partial charge < -0.3 is 29.3 Å². The lowest BCUT2D eigenvalue weighted by atomic mass is 9.70. The fourth-order valence-corrected chi connectivity index (χ4v) is 6.22. The molecule has 0 spiro atoms.